The molecule has 2 aromatic rings. The molecule has 0 atom stereocenters. The van der Waals surface area contributed by atoms with Crippen LogP contribution in [0.3, 0.4) is 0 Å². The number of methoxy groups -OCH3 is 1. The van der Waals surface area contributed by atoms with E-state index in [1.807, 2.05) is 0 Å². The minimum absolute atomic E-state index is 0.0414. The molecule has 1 aliphatic heterocycles. The Morgan fingerprint density at radius 3 is 2.61 bits per heavy atom. The smallest absolute Gasteiger partial charge is 0.331 e. The van der Waals surface area contributed by atoms with Crippen LogP contribution in [0, 0.1) is 10.1 Å². The number of barbiturate groups is 1. The van der Waals surface area contributed by atoms with Crippen LogP contribution >= 0.6 is 15.9 Å². The summed E-state index contributed by atoms with van der Waals surface area (Å²) >= 11 is 3.44. The van der Waals surface area contributed by atoms with Gasteiger partial charge in [-0.15, -0.1) is 0 Å². The summed E-state index contributed by atoms with van der Waals surface area (Å²) < 4.78 is 11.8. The molecule has 2 fully saturated rings. The number of ether oxygens (including phenoxy) is 2. The molecule has 2 aromatic carbocycles. The van der Waals surface area contributed by atoms with Gasteiger partial charge in [0.2, 0.25) is 0 Å². The highest BCUT2D eigenvalue weighted by Crippen LogP contribution is 2.38. The zero-order valence-electron chi connectivity index (χ0n) is 19.5. The Morgan fingerprint density at radius 1 is 1.17 bits per heavy atom. The second-order valence-corrected chi connectivity index (χ2v) is 9.39. The number of benzene rings is 2. The van der Waals surface area contributed by atoms with Crippen LogP contribution in [0.15, 0.2) is 46.4 Å². The maximum atomic E-state index is 13.2. The highest BCUT2D eigenvalue weighted by Gasteiger charge is 2.40. The van der Waals surface area contributed by atoms with Crippen LogP contribution in [-0.2, 0) is 16.2 Å². The fourth-order valence-corrected chi connectivity index (χ4v) is 4.96. The minimum atomic E-state index is -0.752. The van der Waals surface area contributed by atoms with Gasteiger partial charge in [-0.1, -0.05) is 31.4 Å². The number of imide groups is 2. The van der Waals surface area contributed by atoms with E-state index in [2.05, 4.69) is 21.2 Å². The van der Waals surface area contributed by atoms with Gasteiger partial charge in [0.25, 0.3) is 17.5 Å². The Hall–Kier alpha value is -3.73. The molecule has 10 nitrogen and oxygen atoms in total. The van der Waals surface area contributed by atoms with Gasteiger partial charge in [0.15, 0.2) is 11.5 Å². The first kappa shape index (κ1) is 25.4. The Balaban J connectivity index is 1.58. The van der Waals surface area contributed by atoms with E-state index in [-0.39, 0.29) is 23.9 Å². The van der Waals surface area contributed by atoms with Crippen molar-refractivity contribution in [2.24, 2.45) is 0 Å². The predicted octanol–water partition coefficient (Wildman–Crippen LogP) is 4.74. The molecule has 11 heteroatoms. The Bertz CT molecular complexity index is 1250. The minimum Gasteiger partial charge on any atom is -0.493 e. The lowest BCUT2D eigenvalue weighted by Crippen LogP contribution is -2.58. The van der Waals surface area contributed by atoms with Gasteiger partial charge in [-0.05, 0) is 58.1 Å². The maximum absolute atomic E-state index is 13.2. The third kappa shape index (κ3) is 5.40. The lowest BCUT2D eigenvalue weighted by atomic mass is 9.93. The molecule has 4 amide bonds. The highest BCUT2D eigenvalue weighted by atomic mass is 79.9. The number of amides is 4. The molecule has 1 heterocycles. The molecule has 0 spiro atoms. The Morgan fingerprint density at radius 2 is 1.92 bits per heavy atom. The van der Waals surface area contributed by atoms with E-state index in [9.17, 15) is 24.5 Å². The first-order chi connectivity index (χ1) is 17.3. The van der Waals surface area contributed by atoms with E-state index in [0.717, 1.165) is 37.0 Å². The lowest BCUT2D eigenvalue weighted by Gasteiger charge is -2.35. The fraction of sp³-hybridized carbons (Fsp3) is 0.320. The SMILES string of the molecule is COc1cc(C=C2C(=O)NC(=O)N(C3CCCCC3)C2=O)cc(Br)c1OCc1cccc([N+](=O)[O-])c1. The normalized spacial score (nSPS) is 17.8. The van der Waals surface area contributed by atoms with Crippen molar-refractivity contribution >= 4 is 45.5 Å². The van der Waals surface area contributed by atoms with Crippen LogP contribution in [0.5, 0.6) is 11.5 Å². The molecule has 4 rings (SSSR count). The molecular weight excluding hydrogens is 534 g/mol. The average Bonchev–Trinajstić information content (AvgIpc) is 2.86. The van der Waals surface area contributed by atoms with Gasteiger partial charge in [0.1, 0.15) is 12.2 Å². The van der Waals surface area contributed by atoms with Crippen LogP contribution in [0.4, 0.5) is 10.5 Å². The van der Waals surface area contributed by atoms with Gasteiger partial charge in [0.05, 0.1) is 16.5 Å². The van der Waals surface area contributed by atoms with Crippen LogP contribution in [0.2, 0.25) is 0 Å². The number of rotatable bonds is 7. The zero-order chi connectivity index (χ0) is 25.8. The summed E-state index contributed by atoms with van der Waals surface area (Å²) in [6, 6.07) is 8.44. The molecule has 36 heavy (non-hydrogen) atoms. The molecule has 1 saturated heterocycles. The predicted molar refractivity (Wildman–Crippen MR) is 133 cm³/mol. The molecule has 0 unspecified atom stereocenters. The third-order valence-corrected chi connectivity index (χ3v) is 6.73. The number of halogens is 1. The van der Waals surface area contributed by atoms with Crippen molar-refractivity contribution in [1.29, 1.82) is 0 Å². The van der Waals surface area contributed by atoms with Crippen molar-refractivity contribution in [1.82, 2.24) is 10.2 Å². The topological polar surface area (TPSA) is 128 Å². The van der Waals surface area contributed by atoms with Gasteiger partial charge in [-0.25, -0.2) is 4.79 Å². The number of hydrogen-bond donors (Lipinski definition) is 1. The van der Waals surface area contributed by atoms with Crippen LogP contribution in [0.1, 0.15) is 43.2 Å². The van der Waals surface area contributed by atoms with E-state index in [0.29, 0.717) is 27.1 Å². The van der Waals surface area contributed by atoms with Crippen LogP contribution < -0.4 is 14.8 Å². The van der Waals surface area contributed by atoms with Gasteiger partial charge >= 0.3 is 6.03 Å². The standard InChI is InChI=1S/C25H24BrN3O7/c1-35-21-13-16(12-20(26)22(21)36-14-15-6-5-9-18(10-15)29(33)34)11-19-23(30)27-25(32)28(24(19)31)17-7-3-2-4-8-17/h5-6,9-13,17H,2-4,7-8,14H2,1H3,(H,27,30,32). The molecular formula is C25H24BrN3O7. The number of carbonyl (C=O) groups excluding carboxylic acids is 3. The summed E-state index contributed by atoms with van der Waals surface area (Å²) in [5.74, 6) is -0.690. The highest BCUT2D eigenvalue weighted by molar-refractivity contribution is 9.10. The van der Waals surface area contributed by atoms with E-state index < -0.39 is 22.8 Å². The van der Waals surface area contributed by atoms with Crippen LogP contribution in [0.25, 0.3) is 6.08 Å². The second-order valence-electron chi connectivity index (χ2n) is 8.53. The molecule has 2 aliphatic rings. The molecule has 0 radical (unpaired) electrons. The molecule has 0 bridgehead atoms. The van der Waals surface area contributed by atoms with E-state index in [4.69, 9.17) is 9.47 Å². The number of non-ortho nitro benzene ring substituents is 1. The molecule has 0 aromatic heterocycles. The largest absolute Gasteiger partial charge is 0.493 e. The van der Waals surface area contributed by atoms with Crippen molar-refractivity contribution in [3.05, 3.63) is 67.7 Å². The van der Waals surface area contributed by atoms with Crippen molar-refractivity contribution < 1.29 is 28.8 Å². The second kappa shape index (κ2) is 10.9. The first-order valence-electron chi connectivity index (χ1n) is 11.4. The Kier molecular flexibility index (Phi) is 7.68. The van der Waals surface area contributed by atoms with Crippen molar-refractivity contribution in [2.75, 3.05) is 7.11 Å². The van der Waals surface area contributed by atoms with Crippen molar-refractivity contribution in [3.8, 4) is 11.5 Å². The lowest BCUT2D eigenvalue weighted by molar-refractivity contribution is -0.384. The van der Waals surface area contributed by atoms with E-state index >= 15 is 0 Å². The van der Waals surface area contributed by atoms with Gasteiger partial charge in [-0.2, -0.15) is 0 Å². The zero-order valence-corrected chi connectivity index (χ0v) is 21.1. The summed E-state index contributed by atoms with van der Waals surface area (Å²) in [5.41, 5.74) is 0.902. The monoisotopic (exact) mass is 557 g/mol. The quantitative estimate of drug-likeness (QED) is 0.225. The molecule has 188 valence electrons. The van der Waals surface area contributed by atoms with Gasteiger partial charge < -0.3 is 9.47 Å². The Labute approximate surface area is 215 Å². The van der Waals surface area contributed by atoms with E-state index in [1.54, 1.807) is 24.3 Å². The van der Waals surface area contributed by atoms with E-state index in [1.165, 1.54) is 25.3 Å². The summed E-state index contributed by atoms with van der Waals surface area (Å²) in [6.45, 7) is 0.0520. The molecule has 1 N–H and O–H groups in total. The number of nitro benzene ring substituents is 1. The number of nitrogens with one attached hydrogen (secondary N) is 1. The summed E-state index contributed by atoms with van der Waals surface area (Å²) in [4.78, 5) is 49.8. The number of nitro groups is 1. The van der Waals surface area contributed by atoms with Gasteiger partial charge in [-0.3, -0.25) is 29.9 Å². The number of urea groups is 1. The summed E-state index contributed by atoms with van der Waals surface area (Å²) in [7, 11) is 1.45. The fourth-order valence-electron chi connectivity index (χ4n) is 4.39. The average molecular weight is 558 g/mol. The molecule has 1 aliphatic carbocycles. The molecule has 1 saturated carbocycles. The number of carbonyl (C=O) groups is 3. The number of hydrogen-bond acceptors (Lipinski definition) is 7. The van der Waals surface area contributed by atoms with Gasteiger partial charge in [0, 0.05) is 18.2 Å². The van der Waals surface area contributed by atoms with Crippen molar-refractivity contribution in [2.45, 2.75) is 44.8 Å². The van der Waals surface area contributed by atoms with Crippen molar-refractivity contribution in [3.63, 3.8) is 0 Å². The number of nitrogens with zero attached hydrogens (tertiary/aromatic N) is 2. The van der Waals surface area contributed by atoms with Crippen LogP contribution in [-0.4, -0.2) is 40.8 Å². The first-order valence-corrected chi connectivity index (χ1v) is 12.2. The third-order valence-electron chi connectivity index (χ3n) is 6.14. The summed E-state index contributed by atoms with van der Waals surface area (Å²) in [6.07, 6.45) is 5.77. The summed E-state index contributed by atoms with van der Waals surface area (Å²) in [5, 5.41) is 13.3. The maximum Gasteiger partial charge on any atom is 0.331 e.